The van der Waals surface area contributed by atoms with Gasteiger partial charge >= 0.3 is 0 Å². The molecule has 1 rings (SSSR count). The molecule has 0 aliphatic heterocycles. The van der Waals surface area contributed by atoms with Crippen LogP contribution < -0.4 is 11.1 Å². The van der Waals surface area contributed by atoms with Crippen molar-refractivity contribution in [2.24, 2.45) is 0 Å². The molecule has 5 nitrogen and oxygen atoms in total. The lowest BCUT2D eigenvalue weighted by molar-refractivity contribution is -0.122. The van der Waals surface area contributed by atoms with Crippen LogP contribution in [-0.2, 0) is 11.3 Å². The van der Waals surface area contributed by atoms with Gasteiger partial charge in [-0.15, -0.1) is 0 Å². The normalized spacial score (nSPS) is 10.2. The molecule has 0 saturated carbocycles. The third-order valence-corrected chi connectivity index (χ3v) is 2.73. The second-order valence-corrected chi connectivity index (χ2v) is 4.31. The summed E-state index contributed by atoms with van der Waals surface area (Å²) in [5.74, 6) is -0.0546. The number of nitrogen functional groups attached to an aromatic ring is 1. The number of carbonyl (C=O) groups excluding carboxylic acids is 1. The maximum atomic E-state index is 11.7. The molecule has 0 heterocycles. The number of carbonyl (C=O) groups is 1. The summed E-state index contributed by atoms with van der Waals surface area (Å²) in [7, 11) is 0. The number of anilines is 1. The Balaban J connectivity index is 2.45. The van der Waals surface area contributed by atoms with Crippen LogP contribution in [0.1, 0.15) is 18.9 Å². The van der Waals surface area contributed by atoms with Crippen LogP contribution in [0, 0.1) is 11.3 Å². The first kappa shape index (κ1) is 15.0. The summed E-state index contributed by atoms with van der Waals surface area (Å²) >= 11 is 0. The zero-order chi connectivity index (χ0) is 14.1. The van der Waals surface area contributed by atoms with Crippen molar-refractivity contribution in [2.75, 3.05) is 25.4 Å². The standard InChI is InChI=1S/C14H20N4O/c1-2-18(11-14(19)17-8-4-7-15)10-12-5-3-6-13(16)9-12/h3,5-6,9H,2,4,8,10-11,16H2,1H3,(H,17,19). The maximum absolute atomic E-state index is 11.7. The van der Waals surface area contributed by atoms with Gasteiger partial charge in [0.1, 0.15) is 0 Å². The van der Waals surface area contributed by atoms with Crippen molar-refractivity contribution in [1.82, 2.24) is 10.2 Å². The molecule has 0 atom stereocenters. The highest BCUT2D eigenvalue weighted by molar-refractivity contribution is 5.78. The smallest absolute Gasteiger partial charge is 0.234 e. The topological polar surface area (TPSA) is 82.2 Å². The van der Waals surface area contributed by atoms with Crippen LogP contribution >= 0.6 is 0 Å². The van der Waals surface area contributed by atoms with Gasteiger partial charge in [0.15, 0.2) is 0 Å². The largest absolute Gasteiger partial charge is 0.399 e. The van der Waals surface area contributed by atoms with Gasteiger partial charge in [-0.05, 0) is 24.2 Å². The Morgan fingerprint density at radius 1 is 1.53 bits per heavy atom. The summed E-state index contributed by atoms with van der Waals surface area (Å²) in [6, 6.07) is 9.65. The minimum atomic E-state index is -0.0546. The van der Waals surface area contributed by atoms with Gasteiger partial charge in [-0.3, -0.25) is 9.69 Å². The number of nitrogens with one attached hydrogen (secondary N) is 1. The van der Waals surface area contributed by atoms with E-state index in [1.807, 2.05) is 42.2 Å². The average molecular weight is 260 g/mol. The zero-order valence-corrected chi connectivity index (χ0v) is 11.2. The number of rotatable bonds is 7. The predicted molar refractivity (Wildman–Crippen MR) is 75.0 cm³/mol. The van der Waals surface area contributed by atoms with Gasteiger partial charge in [-0.1, -0.05) is 19.1 Å². The molecule has 0 saturated heterocycles. The lowest BCUT2D eigenvalue weighted by Gasteiger charge is -2.20. The van der Waals surface area contributed by atoms with E-state index in [1.54, 1.807) is 0 Å². The second-order valence-electron chi connectivity index (χ2n) is 4.31. The first-order chi connectivity index (χ1) is 9.15. The molecule has 0 bridgehead atoms. The molecule has 0 radical (unpaired) electrons. The molecule has 0 fully saturated rings. The summed E-state index contributed by atoms with van der Waals surface area (Å²) in [6.07, 6.45) is 0.340. The van der Waals surface area contributed by atoms with E-state index in [4.69, 9.17) is 11.0 Å². The first-order valence-electron chi connectivity index (χ1n) is 6.36. The molecule has 1 aromatic carbocycles. The molecule has 1 aromatic rings. The van der Waals surface area contributed by atoms with Crippen molar-refractivity contribution >= 4 is 11.6 Å². The van der Waals surface area contributed by atoms with Crippen LogP contribution in [0.3, 0.4) is 0 Å². The van der Waals surface area contributed by atoms with Gasteiger partial charge in [0.05, 0.1) is 19.0 Å². The summed E-state index contributed by atoms with van der Waals surface area (Å²) in [4.78, 5) is 13.7. The number of likely N-dealkylation sites (N-methyl/N-ethyl adjacent to an activating group) is 1. The number of amides is 1. The lowest BCUT2D eigenvalue weighted by Crippen LogP contribution is -2.37. The van der Waals surface area contributed by atoms with E-state index in [0.717, 1.165) is 17.8 Å². The zero-order valence-electron chi connectivity index (χ0n) is 11.2. The molecular formula is C14H20N4O. The fourth-order valence-electron chi connectivity index (χ4n) is 1.75. The van der Waals surface area contributed by atoms with E-state index in [0.29, 0.717) is 26.1 Å². The fraction of sp³-hybridized carbons (Fsp3) is 0.429. The second kappa shape index (κ2) is 8.11. The quantitative estimate of drug-likeness (QED) is 0.568. The molecule has 0 unspecified atom stereocenters. The van der Waals surface area contributed by atoms with E-state index in [9.17, 15) is 4.79 Å². The van der Waals surface area contributed by atoms with Crippen molar-refractivity contribution in [1.29, 1.82) is 5.26 Å². The number of nitriles is 1. The van der Waals surface area contributed by atoms with Gasteiger partial charge in [0.25, 0.3) is 0 Å². The molecule has 5 heteroatoms. The van der Waals surface area contributed by atoms with Crippen molar-refractivity contribution in [2.45, 2.75) is 19.9 Å². The third kappa shape index (κ3) is 5.89. The van der Waals surface area contributed by atoms with Crippen molar-refractivity contribution in [3.05, 3.63) is 29.8 Å². The Kier molecular flexibility index (Phi) is 6.41. The molecule has 0 aliphatic carbocycles. The van der Waals surface area contributed by atoms with Crippen LogP contribution in [0.4, 0.5) is 5.69 Å². The van der Waals surface area contributed by atoms with E-state index < -0.39 is 0 Å². The van der Waals surface area contributed by atoms with Crippen molar-refractivity contribution < 1.29 is 4.79 Å². The van der Waals surface area contributed by atoms with Crippen LogP contribution in [0.2, 0.25) is 0 Å². The third-order valence-electron chi connectivity index (χ3n) is 2.73. The van der Waals surface area contributed by atoms with E-state index in [-0.39, 0.29) is 5.91 Å². The molecule has 0 aromatic heterocycles. The molecule has 102 valence electrons. The number of hydrogen-bond acceptors (Lipinski definition) is 4. The lowest BCUT2D eigenvalue weighted by atomic mass is 10.2. The summed E-state index contributed by atoms with van der Waals surface area (Å²) in [5.41, 5.74) is 7.55. The van der Waals surface area contributed by atoms with Crippen LogP contribution in [0.25, 0.3) is 0 Å². The number of hydrogen-bond donors (Lipinski definition) is 2. The van der Waals surface area contributed by atoms with Crippen molar-refractivity contribution in [3.63, 3.8) is 0 Å². The van der Waals surface area contributed by atoms with Gasteiger partial charge in [0.2, 0.25) is 5.91 Å². The Bertz CT molecular complexity index is 453. The van der Waals surface area contributed by atoms with Crippen LogP contribution in [0.15, 0.2) is 24.3 Å². The van der Waals surface area contributed by atoms with Gasteiger partial charge in [-0.25, -0.2) is 0 Å². The van der Waals surface area contributed by atoms with Crippen LogP contribution in [-0.4, -0.2) is 30.4 Å². The molecular weight excluding hydrogens is 240 g/mol. The Morgan fingerprint density at radius 2 is 2.32 bits per heavy atom. The molecule has 3 N–H and O–H groups in total. The Morgan fingerprint density at radius 3 is 2.95 bits per heavy atom. The number of benzene rings is 1. The minimum absolute atomic E-state index is 0.0546. The minimum Gasteiger partial charge on any atom is -0.399 e. The van der Waals surface area contributed by atoms with Gasteiger partial charge in [-0.2, -0.15) is 5.26 Å². The van der Waals surface area contributed by atoms with Crippen LogP contribution in [0.5, 0.6) is 0 Å². The molecule has 0 spiro atoms. The fourth-order valence-corrected chi connectivity index (χ4v) is 1.75. The maximum Gasteiger partial charge on any atom is 0.234 e. The SMILES string of the molecule is CCN(CC(=O)NCCC#N)Cc1cccc(N)c1. The van der Waals surface area contributed by atoms with Crippen molar-refractivity contribution in [3.8, 4) is 6.07 Å². The Hall–Kier alpha value is -2.06. The summed E-state index contributed by atoms with van der Waals surface area (Å²) < 4.78 is 0. The summed E-state index contributed by atoms with van der Waals surface area (Å²) in [6.45, 7) is 4.21. The average Bonchev–Trinajstić information content (AvgIpc) is 2.38. The summed E-state index contributed by atoms with van der Waals surface area (Å²) in [5, 5.41) is 11.1. The van der Waals surface area contributed by atoms with E-state index in [2.05, 4.69) is 5.32 Å². The highest BCUT2D eigenvalue weighted by atomic mass is 16.2. The molecule has 1 amide bonds. The monoisotopic (exact) mass is 260 g/mol. The molecule has 0 aliphatic rings. The highest BCUT2D eigenvalue weighted by Crippen LogP contribution is 2.09. The van der Waals surface area contributed by atoms with E-state index >= 15 is 0 Å². The van der Waals surface area contributed by atoms with Gasteiger partial charge < -0.3 is 11.1 Å². The predicted octanol–water partition coefficient (Wildman–Crippen LogP) is 1.12. The Labute approximate surface area is 114 Å². The number of nitrogens with two attached hydrogens (primary N) is 1. The molecule has 19 heavy (non-hydrogen) atoms. The highest BCUT2D eigenvalue weighted by Gasteiger charge is 2.09. The first-order valence-corrected chi connectivity index (χ1v) is 6.36. The van der Waals surface area contributed by atoms with Gasteiger partial charge in [0, 0.05) is 18.8 Å². The number of nitrogens with zero attached hydrogens (tertiary/aromatic N) is 2. The van der Waals surface area contributed by atoms with E-state index in [1.165, 1.54) is 0 Å².